The van der Waals surface area contributed by atoms with Crippen LogP contribution in [0.4, 0.5) is 11.5 Å². The van der Waals surface area contributed by atoms with Crippen molar-refractivity contribution < 1.29 is 4.79 Å². The molecular weight excluding hydrogens is 338 g/mol. The number of aryl methyl sites for hydroxylation is 2. The van der Waals surface area contributed by atoms with Crippen molar-refractivity contribution in [3.63, 3.8) is 0 Å². The second-order valence-electron chi connectivity index (χ2n) is 5.63. The molecule has 0 saturated carbocycles. The van der Waals surface area contributed by atoms with E-state index in [0.29, 0.717) is 10.7 Å². The van der Waals surface area contributed by atoms with Crippen molar-refractivity contribution in [2.24, 2.45) is 0 Å². The third-order valence-corrected chi connectivity index (χ3v) is 4.19. The Kier molecular flexibility index (Phi) is 4.72. The summed E-state index contributed by atoms with van der Waals surface area (Å²) in [7, 11) is 0. The van der Waals surface area contributed by atoms with Crippen molar-refractivity contribution in [1.82, 2.24) is 15.0 Å². The minimum absolute atomic E-state index is 0.0743. The molecule has 6 nitrogen and oxygen atoms in total. The summed E-state index contributed by atoms with van der Waals surface area (Å²) < 4.78 is 1.39. The van der Waals surface area contributed by atoms with Crippen molar-refractivity contribution in [3.05, 3.63) is 64.3 Å². The highest BCUT2D eigenvalue weighted by Gasteiger charge is 2.20. The van der Waals surface area contributed by atoms with Crippen LogP contribution in [0.3, 0.4) is 0 Å². The van der Waals surface area contributed by atoms with Crippen LogP contribution in [0.2, 0.25) is 5.02 Å². The van der Waals surface area contributed by atoms with Crippen LogP contribution in [-0.2, 0) is 6.42 Å². The molecule has 2 aromatic carbocycles. The number of hydrogen-bond donors (Lipinski definition) is 2. The van der Waals surface area contributed by atoms with Gasteiger partial charge >= 0.3 is 0 Å². The van der Waals surface area contributed by atoms with Gasteiger partial charge < -0.3 is 11.1 Å². The number of nitrogens with two attached hydrogens (primary N) is 1. The molecule has 0 aliphatic heterocycles. The Bertz CT molecular complexity index is 935. The fourth-order valence-electron chi connectivity index (χ4n) is 2.62. The monoisotopic (exact) mass is 355 g/mol. The predicted molar refractivity (Wildman–Crippen MR) is 99.3 cm³/mol. The maximum atomic E-state index is 12.6. The number of nitrogens with one attached hydrogen (secondary N) is 1. The van der Waals surface area contributed by atoms with E-state index >= 15 is 0 Å². The van der Waals surface area contributed by atoms with Crippen LogP contribution in [0.1, 0.15) is 28.5 Å². The van der Waals surface area contributed by atoms with Crippen molar-refractivity contribution in [3.8, 4) is 5.69 Å². The molecule has 0 bridgehead atoms. The van der Waals surface area contributed by atoms with Gasteiger partial charge in [-0.05, 0) is 42.7 Å². The van der Waals surface area contributed by atoms with Gasteiger partial charge in [0, 0.05) is 10.7 Å². The number of benzene rings is 2. The van der Waals surface area contributed by atoms with Gasteiger partial charge in [-0.1, -0.05) is 48.0 Å². The van der Waals surface area contributed by atoms with E-state index in [1.165, 1.54) is 4.68 Å². The van der Waals surface area contributed by atoms with E-state index in [9.17, 15) is 4.79 Å². The van der Waals surface area contributed by atoms with Gasteiger partial charge in [0.15, 0.2) is 11.5 Å². The number of carbonyl (C=O) groups excluding carboxylic acids is 1. The van der Waals surface area contributed by atoms with Crippen molar-refractivity contribution in [1.29, 1.82) is 0 Å². The van der Waals surface area contributed by atoms with Crippen LogP contribution < -0.4 is 11.1 Å². The Morgan fingerprint density at radius 3 is 2.76 bits per heavy atom. The molecular formula is C18H18ClN5O. The summed E-state index contributed by atoms with van der Waals surface area (Å²) in [6.45, 7) is 3.98. The first-order chi connectivity index (χ1) is 12.0. The fraction of sp³-hybridized carbons (Fsp3) is 0.167. The minimum Gasteiger partial charge on any atom is -0.382 e. The highest BCUT2D eigenvalue weighted by molar-refractivity contribution is 6.30. The Morgan fingerprint density at radius 1 is 1.28 bits per heavy atom. The smallest absolute Gasteiger partial charge is 0.280 e. The van der Waals surface area contributed by atoms with Gasteiger partial charge in [-0.3, -0.25) is 4.79 Å². The quantitative estimate of drug-likeness (QED) is 0.748. The molecule has 0 atom stereocenters. The number of hydrogen-bond acceptors (Lipinski definition) is 4. The first-order valence-corrected chi connectivity index (χ1v) is 8.26. The van der Waals surface area contributed by atoms with Gasteiger partial charge in [-0.2, -0.15) is 4.68 Å². The Morgan fingerprint density at radius 2 is 2.04 bits per heavy atom. The minimum atomic E-state index is -0.394. The number of carbonyl (C=O) groups is 1. The van der Waals surface area contributed by atoms with Gasteiger partial charge in [0.05, 0.1) is 5.69 Å². The van der Waals surface area contributed by atoms with Crippen molar-refractivity contribution >= 4 is 29.0 Å². The lowest BCUT2D eigenvalue weighted by Crippen LogP contribution is -2.17. The number of aromatic nitrogens is 3. The summed E-state index contributed by atoms with van der Waals surface area (Å²) in [6.07, 6.45) is 0.808. The number of nitrogen functional groups attached to an aromatic ring is 1. The van der Waals surface area contributed by atoms with E-state index in [1.54, 1.807) is 24.3 Å². The highest BCUT2D eigenvalue weighted by atomic mass is 35.5. The Labute approximate surface area is 150 Å². The van der Waals surface area contributed by atoms with E-state index in [4.69, 9.17) is 17.3 Å². The lowest BCUT2D eigenvalue weighted by Gasteiger charge is -2.12. The zero-order chi connectivity index (χ0) is 18.0. The summed E-state index contributed by atoms with van der Waals surface area (Å²) in [5.74, 6) is -0.235. The maximum absolute atomic E-state index is 12.6. The largest absolute Gasteiger partial charge is 0.382 e. The molecule has 1 amide bonds. The van der Waals surface area contributed by atoms with Gasteiger partial charge in [0.25, 0.3) is 5.91 Å². The van der Waals surface area contributed by atoms with E-state index in [-0.39, 0.29) is 11.5 Å². The molecule has 0 unspecified atom stereocenters. The van der Waals surface area contributed by atoms with Crippen LogP contribution in [0, 0.1) is 6.92 Å². The topological polar surface area (TPSA) is 85.8 Å². The third kappa shape index (κ3) is 3.34. The summed E-state index contributed by atoms with van der Waals surface area (Å²) in [4.78, 5) is 12.6. The second-order valence-corrected chi connectivity index (χ2v) is 6.07. The number of nitrogens with zero attached hydrogens (tertiary/aromatic N) is 3. The molecule has 1 aromatic heterocycles. The zero-order valence-corrected chi connectivity index (χ0v) is 14.7. The van der Waals surface area contributed by atoms with Gasteiger partial charge in [0.1, 0.15) is 0 Å². The van der Waals surface area contributed by atoms with E-state index < -0.39 is 5.91 Å². The zero-order valence-electron chi connectivity index (χ0n) is 14.0. The SMILES string of the molecule is CCc1cccc(C)c1NC(=O)c1nnn(-c2cccc(Cl)c2)c1N. The average molecular weight is 356 g/mol. The summed E-state index contributed by atoms with van der Waals surface area (Å²) in [5.41, 5.74) is 9.61. The summed E-state index contributed by atoms with van der Waals surface area (Å²) >= 11 is 5.99. The molecule has 0 radical (unpaired) electrons. The molecule has 128 valence electrons. The second kappa shape index (κ2) is 6.94. The molecule has 3 N–H and O–H groups in total. The van der Waals surface area contributed by atoms with Crippen LogP contribution in [0.15, 0.2) is 42.5 Å². The number of anilines is 2. The van der Waals surface area contributed by atoms with E-state index in [1.807, 2.05) is 32.0 Å². The molecule has 1 heterocycles. The van der Waals surface area contributed by atoms with Gasteiger partial charge in [0.2, 0.25) is 0 Å². The van der Waals surface area contributed by atoms with Crippen molar-refractivity contribution in [2.75, 3.05) is 11.1 Å². The first kappa shape index (κ1) is 17.0. The summed E-state index contributed by atoms with van der Waals surface area (Å²) in [5, 5.41) is 11.4. The Balaban J connectivity index is 1.92. The third-order valence-electron chi connectivity index (χ3n) is 3.95. The fourth-order valence-corrected chi connectivity index (χ4v) is 2.81. The maximum Gasteiger partial charge on any atom is 0.280 e. The Hall–Kier alpha value is -2.86. The molecule has 0 aliphatic carbocycles. The average Bonchev–Trinajstić information content (AvgIpc) is 2.98. The van der Waals surface area contributed by atoms with Crippen LogP contribution in [0.25, 0.3) is 5.69 Å². The number of amides is 1. The lowest BCUT2D eigenvalue weighted by atomic mass is 10.1. The van der Waals surface area contributed by atoms with Crippen LogP contribution in [-0.4, -0.2) is 20.9 Å². The molecule has 0 fully saturated rings. The molecule has 0 spiro atoms. The normalized spacial score (nSPS) is 10.7. The number of halogens is 1. The molecule has 0 saturated heterocycles. The molecule has 3 rings (SSSR count). The van der Waals surface area contributed by atoms with Gasteiger partial charge in [-0.25, -0.2) is 0 Å². The standard InChI is InChI=1S/C18H18ClN5O/c1-3-12-7-4-6-11(2)15(12)21-18(25)16-17(20)24(23-22-16)14-9-5-8-13(19)10-14/h4-10H,3,20H2,1-2H3,(H,21,25). The van der Waals surface area contributed by atoms with Crippen LogP contribution >= 0.6 is 11.6 Å². The molecule has 7 heteroatoms. The van der Waals surface area contributed by atoms with E-state index in [0.717, 1.165) is 23.2 Å². The molecule has 0 aliphatic rings. The molecule has 3 aromatic rings. The van der Waals surface area contributed by atoms with Crippen molar-refractivity contribution in [2.45, 2.75) is 20.3 Å². The highest BCUT2D eigenvalue weighted by Crippen LogP contribution is 2.23. The number of rotatable bonds is 4. The van der Waals surface area contributed by atoms with Gasteiger partial charge in [-0.15, -0.1) is 5.10 Å². The summed E-state index contributed by atoms with van der Waals surface area (Å²) in [6, 6.07) is 12.9. The molecule has 25 heavy (non-hydrogen) atoms. The lowest BCUT2D eigenvalue weighted by molar-refractivity contribution is 0.102. The first-order valence-electron chi connectivity index (χ1n) is 7.88. The van der Waals surface area contributed by atoms with Crippen LogP contribution in [0.5, 0.6) is 0 Å². The predicted octanol–water partition coefficient (Wildman–Crippen LogP) is 3.63. The van der Waals surface area contributed by atoms with E-state index in [2.05, 4.69) is 15.6 Å². The number of para-hydroxylation sites is 1.